The van der Waals surface area contributed by atoms with Crippen molar-refractivity contribution in [2.45, 2.75) is 34.6 Å². The van der Waals surface area contributed by atoms with Crippen LogP contribution in [0, 0.1) is 13.8 Å². The van der Waals surface area contributed by atoms with Crippen molar-refractivity contribution in [3.8, 4) is 5.95 Å². The second-order valence-electron chi connectivity index (χ2n) is 4.36. The second kappa shape index (κ2) is 5.71. The summed E-state index contributed by atoms with van der Waals surface area (Å²) in [6.45, 7) is 9.38. The maximum absolute atomic E-state index is 12.0. The molecule has 0 saturated carbocycles. The Kier molecular flexibility index (Phi) is 4.54. The van der Waals surface area contributed by atoms with E-state index in [0.717, 1.165) is 11.1 Å². The van der Waals surface area contributed by atoms with Crippen LogP contribution in [0.2, 0.25) is 0 Å². The van der Waals surface area contributed by atoms with Crippen LogP contribution in [-0.2, 0) is 0 Å². The smallest absolute Gasteiger partial charge is 0.291 e. The van der Waals surface area contributed by atoms with Crippen LogP contribution in [0.25, 0.3) is 5.57 Å². The molecule has 0 bridgehead atoms. The number of hydrogen-bond donors (Lipinski definition) is 0. The van der Waals surface area contributed by atoms with Crippen molar-refractivity contribution in [3.63, 3.8) is 0 Å². The van der Waals surface area contributed by atoms with Crippen molar-refractivity contribution in [2.75, 3.05) is 7.11 Å². The van der Waals surface area contributed by atoms with Gasteiger partial charge in [0.2, 0.25) is 0 Å². The molecule has 1 aromatic heterocycles. The van der Waals surface area contributed by atoms with E-state index < -0.39 is 0 Å². The number of methoxy groups -OCH3 is 1. The van der Waals surface area contributed by atoms with Gasteiger partial charge in [-0.2, -0.15) is 0 Å². The molecule has 0 aliphatic heterocycles. The average molecular weight is 248 g/mol. The zero-order chi connectivity index (χ0) is 13.9. The molecular weight excluding hydrogens is 228 g/mol. The summed E-state index contributed by atoms with van der Waals surface area (Å²) in [4.78, 5) is 12.0. The van der Waals surface area contributed by atoms with Gasteiger partial charge < -0.3 is 9.15 Å². The SMILES string of the molecule is C/C=C(C)\C=C(/C)c1oc(OC)c(C)c(=O)c1C. The second-order valence-corrected chi connectivity index (χ2v) is 4.36. The summed E-state index contributed by atoms with van der Waals surface area (Å²) in [6, 6.07) is 0. The summed E-state index contributed by atoms with van der Waals surface area (Å²) in [7, 11) is 1.50. The van der Waals surface area contributed by atoms with Gasteiger partial charge in [0.05, 0.1) is 12.7 Å². The van der Waals surface area contributed by atoms with Crippen LogP contribution in [0.3, 0.4) is 0 Å². The van der Waals surface area contributed by atoms with E-state index in [9.17, 15) is 4.79 Å². The fourth-order valence-corrected chi connectivity index (χ4v) is 1.78. The summed E-state index contributed by atoms with van der Waals surface area (Å²) in [5, 5.41) is 0. The van der Waals surface area contributed by atoms with E-state index in [1.54, 1.807) is 13.8 Å². The van der Waals surface area contributed by atoms with Crippen molar-refractivity contribution in [1.82, 2.24) is 0 Å². The Morgan fingerprint density at radius 1 is 1.22 bits per heavy atom. The summed E-state index contributed by atoms with van der Waals surface area (Å²) in [5.41, 5.74) is 3.13. The number of hydrogen-bond acceptors (Lipinski definition) is 3. The third-order valence-electron chi connectivity index (χ3n) is 2.97. The van der Waals surface area contributed by atoms with Gasteiger partial charge >= 0.3 is 0 Å². The highest BCUT2D eigenvalue weighted by atomic mass is 16.6. The van der Waals surface area contributed by atoms with Gasteiger partial charge in [0, 0.05) is 5.56 Å². The molecule has 0 unspecified atom stereocenters. The first kappa shape index (κ1) is 14.3. The highest BCUT2D eigenvalue weighted by Crippen LogP contribution is 2.24. The lowest BCUT2D eigenvalue weighted by Crippen LogP contribution is -2.12. The quantitative estimate of drug-likeness (QED) is 0.767. The third-order valence-corrected chi connectivity index (χ3v) is 2.97. The summed E-state index contributed by atoms with van der Waals surface area (Å²) in [5.74, 6) is 0.870. The Morgan fingerprint density at radius 2 is 1.83 bits per heavy atom. The fraction of sp³-hybridized carbons (Fsp3) is 0.400. The maximum Gasteiger partial charge on any atom is 0.291 e. The van der Waals surface area contributed by atoms with Crippen molar-refractivity contribution < 1.29 is 9.15 Å². The Bertz CT molecular complexity index is 560. The molecule has 0 spiro atoms. The minimum Gasteiger partial charge on any atom is -0.468 e. The van der Waals surface area contributed by atoms with Crippen molar-refractivity contribution >= 4 is 5.57 Å². The molecule has 0 amide bonds. The fourth-order valence-electron chi connectivity index (χ4n) is 1.78. The molecule has 1 aromatic rings. The molecule has 0 aliphatic carbocycles. The van der Waals surface area contributed by atoms with Gasteiger partial charge in [-0.05, 0) is 40.2 Å². The highest BCUT2D eigenvalue weighted by Gasteiger charge is 2.14. The van der Waals surface area contributed by atoms with Gasteiger partial charge in [-0.1, -0.05) is 17.7 Å². The van der Waals surface area contributed by atoms with E-state index in [4.69, 9.17) is 9.15 Å². The highest BCUT2D eigenvalue weighted by molar-refractivity contribution is 5.65. The lowest BCUT2D eigenvalue weighted by atomic mass is 10.1. The molecule has 0 saturated heterocycles. The predicted octanol–water partition coefficient (Wildman–Crippen LogP) is 3.63. The number of rotatable bonds is 3. The van der Waals surface area contributed by atoms with E-state index >= 15 is 0 Å². The first-order valence-electron chi connectivity index (χ1n) is 5.92. The van der Waals surface area contributed by atoms with E-state index in [-0.39, 0.29) is 11.4 Å². The number of ether oxygens (including phenoxy) is 1. The minimum atomic E-state index is -0.0287. The standard InChI is InChI=1S/C15H20O3/c1-7-9(2)8-10(3)14-11(4)13(16)12(5)15(17-6)18-14/h7-8H,1-6H3/b9-7-,10-8+. The molecule has 0 atom stereocenters. The van der Waals surface area contributed by atoms with Crippen LogP contribution in [0.1, 0.15) is 37.7 Å². The van der Waals surface area contributed by atoms with Gasteiger partial charge in [0.25, 0.3) is 5.95 Å². The van der Waals surface area contributed by atoms with E-state index in [1.165, 1.54) is 7.11 Å². The first-order chi connectivity index (χ1) is 8.42. The summed E-state index contributed by atoms with van der Waals surface area (Å²) >= 11 is 0. The van der Waals surface area contributed by atoms with E-state index in [2.05, 4.69) is 0 Å². The van der Waals surface area contributed by atoms with Gasteiger partial charge in [-0.25, -0.2) is 0 Å². The first-order valence-corrected chi connectivity index (χ1v) is 5.92. The van der Waals surface area contributed by atoms with E-state index in [1.807, 2.05) is 32.9 Å². The minimum absolute atomic E-state index is 0.0287. The monoisotopic (exact) mass is 248 g/mol. The maximum atomic E-state index is 12.0. The summed E-state index contributed by atoms with van der Waals surface area (Å²) in [6.07, 6.45) is 3.99. The van der Waals surface area contributed by atoms with Crippen molar-refractivity contribution in [3.05, 3.63) is 44.8 Å². The van der Waals surface area contributed by atoms with Crippen molar-refractivity contribution in [1.29, 1.82) is 0 Å². The van der Waals surface area contributed by atoms with E-state index in [0.29, 0.717) is 16.9 Å². The van der Waals surface area contributed by atoms with Crippen LogP contribution in [0.5, 0.6) is 5.95 Å². The third kappa shape index (κ3) is 2.73. The van der Waals surface area contributed by atoms with Gasteiger partial charge in [-0.3, -0.25) is 4.79 Å². The predicted molar refractivity (Wildman–Crippen MR) is 74.1 cm³/mol. The Balaban J connectivity index is 3.47. The van der Waals surface area contributed by atoms with Crippen LogP contribution in [0.15, 0.2) is 26.9 Å². The van der Waals surface area contributed by atoms with Crippen LogP contribution in [-0.4, -0.2) is 7.11 Å². The average Bonchev–Trinajstić information content (AvgIpc) is 2.36. The van der Waals surface area contributed by atoms with Gasteiger partial charge in [-0.15, -0.1) is 0 Å². The molecule has 98 valence electrons. The Morgan fingerprint density at radius 3 is 2.33 bits per heavy atom. The lowest BCUT2D eigenvalue weighted by molar-refractivity contribution is 0.288. The molecule has 3 heteroatoms. The molecule has 0 aliphatic rings. The molecule has 3 nitrogen and oxygen atoms in total. The molecule has 0 fully saturated rings. The molecule has 0 radical (unpaired) electrons. The molecule has 0 aromatic carbocycles. The Hall–Kier alpha value is -1.77. The molecule has 1 heterocycles. The van der Waals surface area contributed by atoms with Gasteiger partial charge in [0.1, 0.15) is 5.76 Å². The molecule has 0 N–H and O–H groups in total. The molecule has 1 rings (SSSR count). The topological polar surface area (TPSA) is 39.4 Å². The van der Waals surface area contributed by atoms with Gasteiger partial charge in [0.15, 0.2) is 5.43 Å². The number of allylic oxidation sites excluding steroid dienone is 4. The summed E-state index contributed by atoms with van der Waals surface area (Å²) < 4.78 is 10.8. The molecule has 18 heavy (non-hydrogen) atoms. The lowest BCUT2D eigenvalue weighted by Gasteiger charge is -2.09. The van der Waals surface area contributed by atoms with Crippen molar-refractivity contribution in [2.24, 2.45) is 0 Å². The largest absolute Gasteiger partial charge is 0.468 e. The van der Waals surface area contributed by atoms with Crippen LogP contribution < -0.4 is 10.2 Å². The van der Waals surface area contributed by atoms with Crippen LogP contribution >= 0.6 is 0 Å². The normalized spacial score (nSPS) is 12.8. The Labute approximate surface area is 108 Å². The van der Waals surface area contributed by atoms with Crippen LogP contribution in [0.4, 0.5) is 0 Å². The molecular formula is C15H20O3. The zero-order valence-electron chi connectivity index (χ0n) is 11.9. The zero-order valence-corrected chi connectivity index (χ0v) is 11.9.